The molecule has 4 heterocycles. The summed E-state index contributed by atoms with van der Waals surface area (Å²) in [6.07, 6.45) is 0.786. The van der Waals surface area contributed by atoms with Gasteiger partial charge < -0.3 is 14.5 Å². The molecule has 0 unspecified atom stereocenters. The van der Waals surface area contributed by atoms with Crippen LogP contribution in [-0.4, -0.2) is 47.6 Å². The average molecular weight is 380 g/mol. The standard InChI is InChI=1S/C20H24N6O2/c1-14(2)26-19(27)4-3-18(23-26)24-6-8-25(9-7-24)20-15(12-21)11-16-13-28-10-5-17(16)22-20/h3-4,11,14H,5-10,13H2,1-2H3. The Morgan fingerprint density at radius 3 is 2.64 bits per heavy atom. The average Bonchev–Trinajstić information content (AvgIpc) is 2.73. The second-order valence-electron chi connectivity index (χ2n) is 7.42. The van der Waals surface area contributed by atoms with Gasteiger partial charge >= 0.3 is 0 Å². The topological polar surface area (TPSA) is 87.3 Å². The third-order valence-electron chi connectivity index (χ3n) is 5.24. The number of pyridine rings is 1. The van der Waals surface area contributed by atoms with Gasteiger partial charge in [0.2, 0.25) is 0 Å². The maximum absolute atomic E-state index is 11.9. The van der Waals surface area contributed by atoms with Crippen molar-refractivity contribution in [2.75, 3.05) is 42.6 Å². The van der Waals surface area contributed by atoms with Crippen LogP contribution in [0.15, 0.2) is 23.0 Å². The lowest BCUT2D eigenvalue weighted by Gasteiger charge is -2.36. The van der Waals surface area contributed by atoms with Gasteiger partial charge in [-0.3, -0.25) is 4.79 Å². The molecule has 0 amide bonds. The Morgan fingerprint density at radius 2 is 1.93 bits per heavy atom. The number of ether oxygens (including phenoxy) is 1. The molecule has 2 aliphatic heterocycles. The molecule has 2 aromatic heterocycles. The van der Waals surface area contributed by atoms with Crippen LogP contribution in [0.2, 0.25) is 0 Å². The van der Waals surface area contributed by atoms with Crippen LogP contribution in [0.3, 0.4) is 0 Å². The van der Waals surface area contributed by atoms with Crippen molar-refractivity contribution in [2.45, 2.75) is 32.9 Å². The van der Waals surface area contributed by atoms with Crippen LogP contribution in [0.1, 0.15) is 36.7 Å². The van der Waals surface area contributed by atoms with E-state index < -0.39 is 0 Å². The van der Waals surface area contributed by atoms with Crippen LogP contribution < -0.4 is 15.4 Å². The molecule has 1 saturated heterocycles. The highest BCUT2D eigenvalue weighted by molar-refractivity contribution is 5.57. The summed E-state index contributed by atoms with van der Waals surface area (Å²) in [5.41, 5.74) is 2.57. The summed E-state index contributed by atoms with van der Waals surface area (Å²) in [6, 6.07) is 7.60. The van der Waals surface area contributed by atoms with Crippen LogP contribution >= 0.6 is 0 Å². The fourth-order valence-electron chi connectivity index (χ4n) is 3.70. The van der Waals surface area contributed by atoms with Crippen LogP contribution in [0.4, 0.5) is 11.6 Å². The highest BCUT2D eigenvalue weighted by atomic mass is 16.5. The van der Waals surface area contributed by atoms with Gasteiger partial charge in [-0.05, 0) is 26.0 Å². The molecule has 2 aromatic rings. The predicted octanol–water partition coefficient (Wildman–Crippen LogP) is 1.49. The minimum atomic E-state index is -0.0849. The molecule has 1 fully saturated rings. The van der Waals surface area contributed by atoms with E-state index in [0.717, 1.165) is 55.5 Å². The highest BCUT2D eigenvalue weighted by Gasteiger charge is 2.24. The summed E-state index contributed by atoms with van der Waals surface area (Å²) in [5.74, 6) is 1.58. The van der Waals surface area contributed by atoms with Gasteiger partial charge in [-0.25, -0.2) is 9.67 Å². The van der Waals surface area contributed by atoms with E-state index in [2.05, 4.69) is 21.0 Å². The Kier molecular flexibility index (Phi) is 5.01. The molecule has 8 nitrogen and oxygen atoms in total. The van der Waals surface area contributed by atoms with Gasteiger partial charge in [0, 0.05) is 44.2 Å². The number of hydrogen-bond acceptors (Lipinski definition) is 7. The van der Waals surface area contributed by atoms with Crippen LogP contribution in [0.25, 0.3) is 0 Å². The lowest BCUT2D eigenvalue weighted by molar-refractivity contribution is 0.109. The molecule has 0 radical (unpaired) electrons. The molecule has 28 heavy (non-hydrogen) atoms. The molecule has 0 bridgehead atoms. The highest BCUT2D eigenvalue weighted by Crippen LogP contribution is 2.26. The van der Waals surface area contributed by atoms with Crippen molar-refractivity contribution in [3.8, 4) is 6.07 Å². The summed E-state index contributed by atoms with van der Waals surface area (Å²) < 4.78 is 6.99. The van der Waals surface area contributed by atoms with Crippen LogP contribution in [-0.2, 0) is 17.8 Å². The molecule has 0 atom stereocenters. The van der Waals surface area contributed by atoms with Gasteiger partial charge in [0.1, 0.15) is 17.7 Å². The SMILES string of the molecule is CC(C)n1nc(N2CCN(c3nc4c(cc3C#N)COCC4)CC2)ccc1=O. The lowest BCUT2D eigenvalue weighted by Crippen LogP contribution is -2.48. The van der Waals surface area contributed by atoms with E-state index in [4.69, 9.17) is 9.72 Å². The summed E-state index contributed by atoms with van der Waals surface area (Å²) >= 11 is 0. The normalized spacial score (nSPS) is 16.8. The zero-order chi connectivity index (χ0) is 19.7. The minimum absolute atomic E-state index is 0.0237. The van der Waals surface area contributed by atoms with Gasteiger partial charge in [-0.1, -0.05) is 0 Å². The molecule has 0 N–H and O–H groups in total. The number of fused-ring (bicyclic) bond motifs is 1. The van der Waals surface area contributed by atoms with Crippen molar-refractivity contribution < 1.29 is 4.74 Å². The van der Waals surface area contributed by atoms with Crippen molar-refractivity contribution in [3.63, 3.8) is 0 Å². The van der Waals surface area contributed by atoms with E-state index in [9.17, 15) is 10.1 Å². The summed E-state index contributed by atoms with van der Waals surface area (Å²) in [5, 5.41) is 14.1. The second-order valence-corrected chi connectivity index (χ2v) is 7.42. The molecule has 0 saturated carbocycles. The number of rotatable bonds is 3. The molecule has 0 aromatic carbocycles. The maximum atomic E-state index is 11.9. The molecule has 0 aliphatic carbocycles. The van der Waals surface area contributed by atoms with E-state index in [1.165, 1.54) is 4.68 Å². The summed E-state index contributed by atoms with van der Waals surface area (Å²) in [4.78, 5) is 21.1. The summed E-state index contributed by atoms with van der Waals surface area (Å²) in [6.45, 7) is 8.13. The third-order valence-corrected chi connectivity index (χ3v) is 5.24. The fraction of sp³-hybridized carbons (Fsp3) is 0.500. The first-order valence-corrected chi connectivity index (χ1v) is 9.67. The number of nitrogens with zero attached hydrogens (tertiary/aromatic N) is 6. The smallest absolute Gasteiger partial charge is 0.267 e. The zero-order valence-electron chi connectivity index (χ0n) is 16.3. The first-order chi connectivity index (χ1) is 13.6. The quantitative estimate of drug-likeness (QED) is 0.797. The Morgan fingerprint density at radius 1 is 1.18 bits per heavy atom. The number of anilines is 2. The molecule has 146 valence electrons. The number of piperazine rings is 1. The van der Waals surface area contributed by atoms with E-state index in [1.54, 1.807) is 12.1 Å². The van der Waals surface area contributed by atoms with Crippen LogP contribution in [0.5, 0.6) is 0 Å². The van der Waals surface area contributed by atoms with Crippen LogP contribution in [0, 0.1) is 11.3 Å². The van der Waals surface area contributed by atoms with Crippen molar-refractivity contribution in [2.24, 2.45) is 0 Å². The molecular weight excluding hydrogens is 356 g/mol. The lowest BCUT2D eigenvalue weighted by atomic mass is 10.1. The predicted molar refractivity (Wildman–Crippen MR) is 106 cm³/mol. The molecule has 8 heteroatoms. The largest absolute Gasteiger partial charge is 0.376 e. The first-order valence-electron chi connectivity index (χ1n) is 9.67. The van der Waals surface area contributed by atoms with E-state index >= 15 is 0 Å². The van der Waals surface area contributed by atoms with Gasteiger partial charge in [0.25, 0.3) is 5.56 Å². The van der Waals surface area contributed by atoms with Gasteiger partial charge in [-0.15, -0.1) is 0 Å². The first kappa shape index (κ1) is 18.4. The number of nitriles is 1. The van der Waals surface area contributed by atoms with Gasteiger partial charge in [-0.2, -0.15) is 10.4 Å². The monoisotopic (exact) mass is 380 g/mol. The van der Waals surface area contributed by atoms with E-state index in [1.807, 2.05) is 19.9 Å². The van der Waals surface area contributed by atoms with Gasteiger partial charge in [0.05, 0.1) is 30.5 Å². The Hall–Kier alpha value is -2.92. The minimum Gasteiger partial charge on any atom is -0.376 e. The van der Waals surface area contributed by atoms with E-state index in [-0.39, 0.29) is 11.6 Å². The molecule has 2 aliphatic rings. The zero-order valence-corrected chi connectivity index (χ0v) is 16.3. The summed E-state index contributed by atoms with van der Waals surface area (Å²) in [7, 11) is 0. The van der Waals surface area contributed by atoms with Crippen molar-refractivity contribution in [1.29, 1.82) is 5.26 Å². The molecule has 4 rings (SSSR count). The number of hydrogen-bond donors (Lipinski definition) is 0. The fourth-order valence-corrected chi connectivity index (χ4v) is 3.70. The van der Waals surface area contributed by atoms with Crippen molar-refractivity contribution >= 4 is 11.6 Å². The van der Waals surface area contributed by atoms with E-state index in [0.29, 0.717) is 18.8 Å². The Bertz CT molecular complexity index is 970. The second kappa shape index (κ2) is 7.60. The maximum Gasteiger partial charge on any atom is 0.267 e. The Balaban J connectivity index is 1.53. The molecular formula is C20H24N6O2. The van der Waals surface area contributed by atoms with Crippen molar-refractivity contribution in [3.05, 3.63) is 45.4 Å². The molecule has 0 spiro atoms. The Labute approximate surface area is 164 Å². The third kappa shape index (κ3) is 3.45. The number of aromatic nitrogens is 3. The van der Waals surface area contributed by atoms with Crippen molar-refractivity contribution in [1.82, 2.24) is 14.8 Å². The van der Waals surface area contributed by atoms with Gasteiger partial charge in [0.15, 0.2) is 0 Å².